The van der Waals surface area contributed by atoms with E-state index < -0.39 is 12.1 Å². The van der Waals surface area contributed by atoms with E-state index in [1.807, 2.05) is 18.2 Å². The molecule has 2 unspecified atom stereocenters. The van der Waals surface area contributed by atoms with Crippen LogP contribution in [0.4, 0.5) is 0 Å². The van der Waals surface area contributed by atoms with Gasteiger partial charge in [0.1, 0.15) is 17.1 Å². The maximum Gasteiger partial charge on any atom is 0.253 e. The van der Waals surface area contributed by atoms with Gasteiger partial charge in [-0.2, -0.15) is 0 Å². The second-order valence-corrected chi connectivity index (χ2v) is 6.82. The first-order valence-corrected chi connectivity index (χ1v) is 9.20. The van der Waals surface area contributed by atoms with Crippen LogP contribution >= 0.6 is 0 Å². The number of carbonyl (C=O) groups excluding carboxylic acids is 1. The van der Waals surface area contributed by atoms with Crippen LogP contribution in [-0.4, -0.2) is 37.1 Å². The van der Waals surface area contributed by atoms with E-state index in [9.17, 15) is 15.0 Å². The van der Waals surface area contributed by atoms with E-state index in [-0.39, 0.29) is 11.7 Å². The molecule has 4 N–H and O–H groups in total. The Morgan fingerprint density at radius 3 is 2.52 bits per heavy atom. The molecule has 0 aliphatic carbocycles. The van der Waals surface area contributed by atoms with E-state index in [0.29, 0.717) is 22.5 Å². The lowest BCUT2D eigenvalue weighted by Crippen LogP contribution is -2.37. The zero-order valence-corrected chi connectivity index (χ0v) is 15.7. The third kappa shape index (κ3) is 3.81. The third-order valence-corrected chi connectivity index (χ3v) is 4.78. The molecule has 4 rings (SSSR count). The SMILES string of the molecule is CC(NC(=O)c1cccc2[nH]c(-c3ccncc3)nc12)C(O)c1ccc(O)cc1. The number of aliphatic hydroxyl groups is 1. The monoisotopic (exact) mass is 388 g/mol. The summed E-state index contributed by atoms with van der Waals surface area (Å²) in [5.74, 6) is 0.446. The van der Waals surface area contributed by atoms with Crippen molar-refractivity contribution in [1.29, 1.82) is 0 Å². The fourth-order valence-electron chi connectivity index (χ4n) is 3.19. The van der Waals surface area contributed by atoms with Crippen LogP contribution in [-0.2, 0) is 0 Å². The number of fused-ring (bicyclic) bond motifs is 1. The summed E-state index contributed by atoms with van der Waals surface area (Å²) in [4.78, 5) is 24.7. The number of amides is 1. The smallest absolute Gasteiger partial charge is 0.253 e. The first-order valence-electron chi connectivity index (χ1n) is 9.20. The number of para-hydroxylation sites is 1. The largest absolute Gasteiger partial charge is 0.508 e. The maximum absolute atomic E-state index is 12.9. The first-order chi connectivity index (χ1) is 14.0. The van der Waals surface area contributed by atoms with Crippen LogP contribution in [0.1, 0.15) is 28.9 Å². The summed E-state index contributed by atoms with van der Waals surface area (Å²) < 4.78 is 0. The highest BCUT2D eigenvalue weighted by Gasteiger charge is 2.21. The molecule has 7 nitrogen and oxygen atoms in total. The number of hydrogen-bond acceptors (Lipinski definition) is 5. The number of pyridine rings is 1. The van der Waals surface area contributed by atoms with Crippen molar-refractivity contribution in [3.63, 3.8) is 0 Å². The Kier molecular flexibility index (Phi) is 4.97. The van der Waals surface area contributed by atoms with E-state index in [1.54, 1.807) is 43.6 Å². The number of H-pyrrole nitrogens is 1. The molecule has 4 aromatic rings. The summed E-state index contributed by atoms with van der Waals surface area (Å²) in [6, 6.07) is 14.7. The van der Waals surface area contributed by atoms with Crippen molar-refractivity contribution >= 4 is 16.9 Å². The second-order valence-electron chi connectivity index (χ2n) is 6.82. The number of carbonyl (C=O) groups is 1. The molecule has 0 fully saturated rings. The number of nitrogens with zero attached hydrogens (tertiary/aromatic N) is 2. The zero-order valence-electron chi connectivity index (χ0n) is 15.7. The minimum Gasteiger partial charge on any atom is -0.508 e. The lowest BCUT2D eigenvalue weighted by Gasteiger charge is -2.20. The fourth-order valence-corrected chi connectivity index (χ4v) is 3.19. The minimum atomic E-state index is -0.912. The third-order valence-electron chi connectivity index (χ3n) is 4.78. The summed E-state index contributed by atoms with van der Waals surface area (Å²) in [6.45, 7) is 1.72. The molecule has 2 aromatic carbocycles. The number of rotatable bonds is 5. The summed E-state index contributed by atoms with van der Waals surface area (Å²) in [7, 11) is 0. The number of aromatic nitrogens is 3. The molecule has 0 saturated carbocycles. The normalized spacial score (nSPS) is 13.2. The Bertz CT molecular complexity index is 1140. The molecule has 0 spiro atoms. The molecule has 0 saturated heterocycles. The Labute approximate surface area is 167 Å². The molecule has 0 bridgehead atoms. The molecule has 0 aliphatic rings. The Balaban J connectivity index is 1.58. The molecule has 1 amide bonds. The molecule has 146 valence electrons. The number of imidazole rings is 1. The van der Waals surface area contributed by atoms with Gasteiger partial charge >= 0.3 is 0 Å². The maximum atomic E-state index is 12.9. The van der Waals surface area contributed by atoms with Crippen LogP contribution in [0, 0.1) is 0 Å². The number of phenols is 1. The van der Waals surface area contributed by atoms with Crippen LogP contribution in [0.3, 0.4) is 0 Å². The van der Waals surface area contributed by atoms with E-state index in [1.165, 1.54) is 12.1 Å². The number of phenolic OH excluding ortho intramolecular Hbond substituents is 1. The molecule has 7 heteroatoms. The average Bonchev–Trinajstić information content (AvgIpc) is 3.18. The van der Waals surface area contributed by atoms with Crippen LogP contribution in [0.2, 0.25) is 0 Å². The average molecular weight is 388 g/mol. The molecule has 29 heavy (non-hydrogen) atoms. The van der Waals surface area contributed by atoms with Gasteiger partial charge in [0, 0.05) is 18.0 Å². The van der Waals surface area contributed by atoms with Gasteiger partial charge in [-0.25, -0.2) is 4.98 Å². The molecule has 2 heterocycles. The van der Waals surface area contributed by atoms with Crippen molar-refractivity contribution in [2.45, 2.75) is 19.1 Å². The van der Waals surface area contributed by atoms with Crippen molar-refractivity contribution in [2.24, 2.45) is 0 Å². The number of aliphatic hydroxyl groups excluding tert-OH is 1. The summed E-state index contributed by atoms with van der Waals surface area (Å²) >= 11 is 0. The lowest BCUT2D eigenvalue weighted by atomic mass is 10.0. The Morgan fingerprint density at radius 1 is 1.07 bits per heavy atom. The zero-order chi connectivity index (χ0) is 20.4. The molecular weight excluding hydrogens is 368 g/mol. The highest BCUT2D eigenvalue weighted by atomic mass is 16.3. The predicted molar refractivity (Wildman–Crippen MR) is 109 cm³/mol. The van der Waals surface area contributed by atoms with Crippen molar-refractivity contribution in [1.82, 2.24) is 20.3 Å². The lowest BCUT2D eigenvalue weighted by molar-refractivity contribution is 0.0853. The van der Waals surface area contributed by atoms with Gasteiger partial charge in [-0.1, -0.05) is 18.2 Å². The van der Waals surface area contributed by atoms with Gasteiger partial charge in [0.05, 0.1) is 23.2 Å². The van der Waals surface area contributed by atoms with E-state index in [4.69, 9.17) is 0 Å². The van der Waals surface area contributed by atoms with Gasteiger partial charge in [-0.3, -0.25) is 9.78 Å². The van der Waals surface area contributed by atoms with Crippen LogP contribution in [0.15, 0.2) is 67.0 Å². The van der Waals surface area contributed by atoms with Crippen LogP contribution in [0.5, 0.6) is 5.75 Å². The van der Waals surface area contributed by atoms with E-state index in [0.717, 1.165) is 11.1 Å². The van der Waals surface area contributed by atoms with Gasteiger partial charge < -0.3 is 20.5 Å². The molecule has 2 atom stereocenters. The molecule has 0 aliphatic heterocycles. The quantitative estimate of drug-likeness (QED) is 0.420. The first kappa shape index (κ1) is 18.6. The number of hydrogen-bond donors (Lipinski definition) is 4. The molecule has 2 aromatic heterocycles. The summed E-state index contributed by atoms with van der Waals surface area (Å²) in [6.07, 6.45) is 2.45. The number of benzene rings is 2. The van der Waals surface area contributed by atoms with E-state index >= 15 is 0 Å². The Hall–Kier alpha value is -3.71. The van der Waals surface area contributed by atoms with Crippen molar-refractivity contribution in [2.75, 3.05) is 0 Å². The molecular formula is C22H20N4O3. The van der Waals surface area contributed by atoms with Gasteiger partial charge in [0.15, 0.2) is 0 Å². The summed E-state index contributed by atoms with van der Waals surface area (Å²) in [5.41, 5.74) is 3.20. The summed E-state index contributed by atoms with van der Waals surface area (Å²) in [5, 5.41) is 22.7. The van der Waals surface area contributed by atoms with Crippen molar-refractivity contribution < 1.29 is 15.0 Å². The highest BCUT2D eigenvalue weighted by Crippen LogP contribution is 2.24. The number of nitrogens with one attached hydrogen (secondary N) is 2. The number of aromatic hydroxyl groups is 1. The number of aromatic amines is 1. The van der Waals surface area contributed by atoms with Gasteiger partial charge in [0.2, 0.25) is 0 Å². The second kappa shape index (κ2) is 7.73. The van der Waals surface area contributed by atoms with Gasteiger partial charge in [-0.15, -0.1) is 0 Å². The van der Waals surface area contributed by atoms with Gasteiger partial charge in [-0.05, 0) is 48.9 Å². The topological polar surface area (TPSA) is 111 Å². The van der Waals surface area contributed by atoms with Crippen molar-refractivity contribution in [3.05, 3.63) is 78.1 Å². The van der Waals surface area contributed by atoms with Crippen LogP contribution < -0.4 is 5.32 Å². The minimum absolute atomic E-state index is 0.118. The van der Waals surface area contributed by atoms with Gasteiger partial charge in [0.25, 0.3) is 5.91 Å². The van der Waals surface area contributed by atoms with Crippen molar-refractivity contribution in [3.8, 4) is 17.1 Å². The van der Waals surface area contributed by atoms with E-state index in [2.05, 4.69) is 20.3 Å². The predicted octanol–water partition coefficient (Wildman–Crippen LogP) is 3.18. The standard InChI is InChI=1S/C22H20N4O3/c1-13(20(28)14-5-7-16(27)8-6-14)24-22(29)17-3-2-4-18-19(17)26-21(25-18)15-9-11-23-12-10-15/h2-13,20,27-28H,1H3,(H,24,29)(H,25,26). The van der Waals surface area contributed by atoms with Crippen LogP contribution in [0.25, 0.3) is 22.4 Å². The molecule has 0 radical (unpaired) electrons. The highest BCUT2D eigenvalue weighted by molar-refractivity contribution is 6.05. The Morgan fingerprint density at radius 2 is 1.79 bits per heavy atom. The fraction of sp³-hybridized carbons (Fsp3) is 0.136.